The zero-order chi connectivity index (χ0) is 23.6. The van der Waals surface area contributed by atoms with E-state index in [1.54, 1.807) is 7.11 Å². The Hall–Kier alpha value is -3.85. The van der Waals surface area contributed by atoms with Crippen molar-refractivity contribution in [3.8, 4) is 5.75 Å². The zero-order valence-electron chi connectivity index (χ0n) is 20.1. The summed E-state index contributed by atoms with van der Waals surface area (Å²) in [6, 6.07) is 34.7. The van der Waals surface area contributed by atoms with Gasteiger partial charge in [0.25, 0.3) is 0 Å². The van der Waals surface area contributed by atoms with Crippen LogP contribution in [0.2, 0.25) is 0 Å². The van der Waals surface area contributed by atoms with Gasteiger partial charge >= 0.3 is 0 Å². The van der Waals surface area contributed by atoms with Crippen LogP contribution in [-0.4, -0.2) is 26.4 Å². The van der Waals surface area contributed by atoms with Gasteiger partial charge in [-0.1, -0.05) is 60.7 Å². The molecule has 2 aliphatic rings. The van der Waals surface area contributed by atoms with Crippen LogP contribution in [-0.2, 0) is 0 Å². The van der Waals surface area contributed by atoms with Crippen molar-refractivity contribution in [2.45, 2.75) is 24.7 Å². The van der Waals surface area contributed by atoms with E-state index in [0.717, 1.165) is 42.9 Å². The lowest BCUT2D eigenvalue weighted by molar-refractivity contribution is 0.415. The first-order valence-corrected chi connectivity index (χ1v) is 12.5. The maximum Gasteiger partial charge on any atom is 0.118 e. The summed E-state index contributed by atoms with van der Waals surface area (Å²) < 4.78 is 5.30. The van der Waals surface area contributed by atoms with Crippen LogP contribution >= 0.6 is 0 Å². The van der Waals surface area contributed by atoms with Gasteiger partial charge in [-0.2, -0.15) is 0 Å². The summed E-state index contributed by atoms with van der Waals surface area (Å²) in [6.07, 6.45) is 4.24. The molecule has 2 unspecified atom stereocenters. The van der Waals surface area contributed by atoms with Crippen molar-refractivity contribution in [2.24, 2.45) is 4.99 Å². The summed E-state index contributed by atoms with van der Waals surface area (Å²) in [5.41, 5.74) is 9.16. The minimum atomic E-state index is 0.395. The average molecular weight is 459 g/mol. The topological polar surface area (TPSA) is 24.8 Å². The van der Waals surface area contributed by atoms with Crippen LogP contribution in [0.25, 0.3) is 0 Å². The average Bonchev–Trinajstić information content (AvgIpc) is 2.93. The quantitative estimate of drug-likeness (QED) is 0.293. The van der Waals surface area contributed by atoms with Crippen molar-refractivity contribution < 1.29 is 4.74 Å². The molecule has 0 aliphatic carbocycles. The molecule has 2 atom stereocenters. The molecule has 0 fully saturated rings. The predicted molar refractivity (Wildman–Crippen MR) is 145 cm³/mol. The number of nitrogens with zero attached hydrogens (tertiary/aromatic N) is 2. The smallest absolute Gasteiger partial charge is 0.118 e. The van der Waals surface area contributed by atoms with Crippen molar-refractivity contribution >= 4 is 17.6 Å². The van der Waals surface area contributed by atoms with Crippen LogP contribution in [0.5, 0.6) is 5.75 Å². The third-order valence-corrected chi connectivity index (χ3v) is 7.48. The molecular weight excluding hydrogens is 428 g/mol. The highest BCUT2D eigenvalue weighted by atomic mass is 16.5. The molecule has 3 heteroatoms. The van der Waals surface area contributed by atoms with Crippen molar-refractivity contribution in [1.29, 1.82) is 0 Å². The Bertz CT molecular complexity index is 1260. The van der Waals surface area contributed by atoms with E-state index < -0.39 is 0 Å². The standard InChI is InChI=1S/C32H30N2O/c1-35-27-14-12-23(13-15-27)22-33-26-20-30-28(24-8-4-2-5-9-24)16-18-34-19-17-29(31(21-26)32(30)34)25-10-6-3-7-11-25/h2-15,20-22,28-29H,16-19H2,1H3. The molecule has 3 nitrogen and oxygen atoms in total. The Balaban J connectivity index is 1.47. The maximum absolute atomic E-state index is 5.30. The fraction of sp³-hybridized carbons (Fsp3) is 0.219. The van der Waals surface area contributed by atoms with E-state index in [4.69, 9.17) is 9.73 Å². The Morgan fingerprint density at radius 2 is 1.29 bits per heavy atom. The van der Waals surface area contributed by atoms with Crippen molar-refractivity contribution in [2.75, 3.05) is 25.1 Å². The number of aliphatic imine (C=N–C) groups is 1. The fourth-order valence-electron chi connectivity index (χ4n) is 5.75. The second-order valence-corrected chi connectivity index (χ2v) is 9.50. The van der Waals surface area contributed by atoms with E-state index in [-0.39, 0.29) is 0 Å². The predicted octanol–water partition coefficient (Wildman–Crippen LogP) is 7.32. The Kier molecular flexibility index (Phi) is 5.83. The molecule has 174 valence electrons. The van der Waals surface area contributed by atoms with Gasteiger partial charge in [-0.15, -0.1) is 0 Å². The first-order valence-electron chi connectivity index (χ1n) is 12.5. The van der Waals surface area contributed by atoms with Gasteiger partial charge in [-0.05, 0) is 77.1 Å². The van der Waals surface area contributed by atoms with Gasteiger partial charge in [0, 0.05) is 36.8 Å². The van der Waals surface area contributed by atoms with Crippen LogP contribution in [0.4, 0.5) is 11.4 Å². The molecule has 2 aliphatic heterocycles. The molecule has 0 N–H and O–H groups in total. The highest BCUT2D eigenvalue weighted by Gasteiger charge is 2.34. The molecule has 0 saturated heterocycles. The summed E-state index contributed by atoms with van der Waals surface area (Å²) in [5, 5.41) is 0. The molecule has 35 heavy (non-hydrogen) atoms. The van der Waals surface area contributed by atoms with Crippen LogP contribution in [0, 0.1) is 0 Å². The number of ether oxygens (including phenoxy) is 1. The summed E-state index contributed by atoms with van der Waals surface area (Å²) in [6.45, 7) is 2.21. The molecule has 0 aromatic heterocycles. The molecule has 4 aromatic rings. The van der Waals surface area contributed by atoms with Gasteiger partial charge in [-0.3, -0.25) is 4.99 Å². The summed E-state index contributed by atoms with van der Waals surface area (Å²) in [5.74, 6) is 1.65. The minimum absolute atomic E-state index is 0.395. The Morgan fingerprint density at radius 1 is 0.743 bits per heavy atom. The lowest BCUT2D eigenvalue weighted by atomic mass is 9.76. The summed E-state index contributed by atoms with van der Waals surface area (Å²) >= 11 is 0. The van der Waals surface area contributed by atoms with Crippen molar-refractivity contribution in [3.63, 3.8) is 0 Å². The number of benzene rings is 4. The number of hydrogen-bond acceptors (Lipinski definition) is 3. The monoisotopic (exact) mass is 458 g/mol. The van der Waals surface area contributed by atoms with Gasteiger partial charge < -0.3 is 9.64 Å². The van der Waals surface area contributed by atoms with Crippen LogP contribution in [0.1, 0.15) is 52.5 Å². The summed E-state index contributed by atoms with van der Waals surface area (Å²) in [7, 11) is 1.69. The number of anilines is 1. The van der Waals surface area contributed by atoms with Crippen LogP contribution in [0.15, 0.2) is 102 Å². The first kappa shape index (κ1) is 21.7. The molecule has 4 aromatic carbocycles. The molecule has 6 rings (SSSR count). The van der Waals surface area contributed by atoms with Crippen LogP contribution in [0.3, 0.4) is 0 Å². The number of hydrogen-bond donors (Lipinski definition) is 0. The van der Waals surface area contributed by atoms with Gasteiger partial charge in [0.05, 0.1) is 12.8 Å². The lowest BCUT2D eigenvalue weighted by Crippen LogP contribution is -2.37. The van der Waals surface area contributed by atoms with E-state index in [1.165, 1.54) is 27.9 Å². The summed E-state index contributed by atoms with van der Waals surface area (Å²) in [4.78, 5) is 7.58. The second kappa shape index (κ2) is 9.42. The third kappa shape index (κ3) is 4.23. The van der Waals surface area contributed by atoms with Gasteiger partial charge in [0.1, 0.15) is 5.75 Å². The van der Waals surface area contributed by atoms with Crippen LogP contribution < -0.4 is 9.64 Å². The maximum atomic E-state index is 5.30. The third-order valence-electron chi connectivity index (χ3n) is 7.48. The van der Waals surface area contributed by atoms with Crippen molar-refractivity contribution in [3.05, 3.63) is 125 Å². The Morgan fingerprint density at radius 3 is 1.80 bits per heavy atom. The van der Waals surface area contributed by atoms with E-state index in [9.17, 15) is 0 Å². The molecule has 0 radical (unpaired) electrons. The highest BCUT2D eigenvalue weighted by Crippen LogP contribution is 2.49. The van der Waals surface area contributed by atoms with E-state index >= 15 is 0 Å². The minimum Gasteiger partial charge on any atom is -0.497 e. The highest BCUT2D eigenvalue weighted by molar-refractivity contribution is 5.83. The van der Waals surface area contributed by atoms with E-state index in [0.29, 0.717) is 11.8 Å². The molecule has 0 bridgehead atoms. The van der Waals surface area contributed by atoms with E-state index in [2.05, 4.69) is 77.7 Å². The molecule has 0 spiro atoms. The van der Waals surface area contributed by atoms with Gasteiger partial charge in [-0.25, -0.2) is 0 Å². The Labute approximate surface area is 207 Å². The van der Waals surface area contributed by atoms with Gasteiger partial charge in [0.2, 0.25) is 0 Å². The van der Waals surface area contributed by atoms with Crippen molar-refractivity contribution in [1.82, 2.24) is 0 Å². The largest absolute Gasteiger partial charge is 0.497 e. The zero-order valence-corrected chi connectivity index (χ0v) is 20.1. The molecule has 0 saturated carbocycles. The van der Waals surface area contributed by atoms with Gasteiger partial charge in [0.15, 0.2) is 0 Å². The molecular formula is C32H30N2O. The second-order valence-electron chi connectivity index (χ2n) is 9.50. The number of rotatable bonds is 5. The van der Waals surface area contributed by atoms with E-state index in [1.807, 2.05) is 30.5 Å². The SMILES string of the molecule is COc1ccc(C=Nc2cc3c4c(c2)C(c2ccccc2)CCN4CCC3c2ccccc2)cc1. The molecule has 0 amide bonds. The molecule has 2 heterocycles. The normalized spacial score (nSPS) is 18.9. The fourth-order valence-corrected chi connectivity index (χ4v) is 5.75. The number of methoxy groups -OCH3 is 1. The first-order chi connectivity index (χ1) is 17.3. The lowest BCUT2D eigenvalue weighted by Gasteiger charge is -2.43.